The normalized spacial score (nSPS) is 12.0. The van der Waals surface area contributed by atoms with Crippen molar-refractivity contribution in [1.29, 1.82) is 0 Å². The fraction of sp³-hybridized carbons (Fsp3) is 0.750. The molecule has 0 amide bonds. The van der Waals surface area contributed by atoms with Gasteiger partial charge < -0.3 is 0 Å². The van der Waals surface area contributed by atoms with E-state index in [1.165, 1.54) is 0 Å². The quantitative estimate of drug-likeness (QED) is 0.718. The molecule has 1 heterocycles. The van der Waals surface area contributed by atoms with Crippen molar-refractivity contribution in [1.82, 2.24) is 14.8 Å². The van der Waals surface area contributed by atoms with Gasteiger partial charge in [-0.25, -0.2) is 0 Å². The Morgan fingerprint density at radius 3 is 2.50 bits per heavy atom. The van der Waals surface area contributed by atoms with E-state index in [2.05, 4.69) is 35.5 Å². The molecule has 1 rings (SSSR count). The monoisotopic (exact) mass is 185 g/mol. The summed E-state index contributed by atoms with van der Waals surface area (Å²) in [4.78, 5) is 0. The molecular weight excluding hydrogens is 170 g/mol. The molecule has 0 saturated carbocycles. The molecule has 0 aromatic carbocycles. The first kappa shape index (κ1) is 9.45. The van der Waals surface area contributed by atoms with Gasteiger partial charge in [0.25, 0.3) is 0 Å². The van der Waals surface area contributed by atoms with E-state index in [4.69, 9.17) is 12.2 Å². The molecule has 1 aromatic heterocycles. The van der Waals surface area contributed by atoms with Crippen molar-refractivity contribution >= 4 is 12.2 Å². The average molecular weight is 185 g/mol. The maximum atomic E-state index is 5.13. The van der Waals surface area contributed by atoms with Crippen molar-refractivity contribution in [2.45, 2.75) is 39.7 Å². The maximum absolute atomic E-state index is 5.13. The van der Waals surface area contributed by atoms with Gasteiger partial charge in [0.1, 0.15) is 5.82 Å². The largest absolute Gasteiger partial charge is 0.299 e. The zero-order chi connectivity index (χ0) is 9.35. The first-order valence-corrected chi connectivity index (χ1v) is 4.54. The van der Waals surface area contributed by atoms with Gasteiger partial charge in [0.2, 0.25) is 0 Å². The van der Waals surface area contributed by atoms with E-state index in [1.807, 2.05) is 6.92 Å². The molecule has 0 bridgehead atoms. The molecule has 68 valence electrons. The van der Waals surface area contributed by atoms with E-state index in [1.54, 1.807) is 0 Å². The smallest absolute Gasteiger partial charge is 0.195 e. The Morgan fingerprint density at radius 2 is 2.17 bits per heavy atom. The lowest BCUT2D eigenvalue weighted by atomic mass is 10.0. The Labute approximate surface area is 77.8 Å². The van der Waals surface area contributed by atoms with Crippen LogP contribution in [0, 0.1) is 11.7 Å². The molecule has 0 aliphatic heterocycles. The van der Waals surface area contributed by atoms with Gasteiger partial charge in [-0.05, 0) is 39.4 Å². The van der Waals surface area contributed by atoms with E-state index >= 15 is 0 Å². The Morgan fingerprint density at radius 1 is 1.58 bits per heavy atom. The zero-order valence-electron chi connectivity index (χ0n) is 8.01. The number of rotatable bonds is 2. The number of aromatic amines is 1. The average Bonchev–Trinajstić information content (AvgIpc) is 2.31. The number of aryl methyl sites for hydroxylation is 1. The third-order valence-corrected chi connectivity index (χ3v) is 2.58. The Hall–Kier alpha value is -0.640. The molecule has 1 N–H and O–H groups in total. The second-order valence-corrected chi connectivity index (χ2v) is 3.96. The molecule has 0 spiro atoms. The van der Waals surface area contributed by atoms with Gasteiger partial charge in [0.05, 0.1) is 0 Å². The highest BCUT2D eigenvalue weighted by Crippen LogP contribution is 2.20. The van der Waals surface area contributed by atoms with E-state index < -0.39 is 0 Å². The predicted octanol–water partition coefficient (Wildman–Crippen LogP) is 2.39. The lowest BCUT2D eigenvalue weighted by molar-refractivity contribution is 0.331. The van der Waals surface area contributed by atoms with Crippen molar-refractivity contribution in [3.05, 3.63) is 10.6 Å². The highest BCUT2D eigenvalue weighted by Gasteiger charge is 2.20. The summed E-state index contributed by atoms with van der Waals surface area (Å²) in [5, 5.41) is 6.87. The first-order valence-electron chi connectivity index (χ1n) is 4.13. The van der Waals surface area contributed by atoms with Crippen LogP contribution < -0.4 is 0 Å². The van der Waals surface area contributed by atoms with Crippen LogP contribution in [0.4, 0.5) is 0 Å². The fourth-order valence-electron chi connectivity index (χ4n) is 1.25. The number of H-pyrrole nitrogens is 1. The number of nitrogens with one attached hydrogen (secondary N) is 1. The van der Waals surface area contributed by atoms with Crippen molar-refractivity contribution in [3.8, 4) is 0 Å². The van der Waals surface area contributed by atoms with E-state index in [-0.39, 0.29) is 5.54 Å². The lowest BCUT2D eigenvalue weighted by Crippen LogP contribution is -2.26. The third kappa shape index (κ3) is 1.43. The van der Waals surface area contributed by atoms with Crippen molar-refractivity contribution < 1.29 is 0 Å². The first-order chi connectivity index (χ1) is 5.49. The highest BCUT2D eigenvalue weighted by atomic mass is 32.1. The van der Waals surface area contributed by atoms with Crippen molar-refractivity contribution in [2.75, 3.05) is 0 Å². The SMILES string of the molecule is CCC(C)(C)n1c(C)n[nH]c1=S. The highest BCUT2D eigenvalue weighted by molar-refractivity contribution is 7.71. The molecule has 4 heteroatoms. The summed E-state index contributed by atoms with van der Waals surface area (Å²) in [6, 6.07) is 0. The lowest BCUT2D eigenvalue weighted by Gasteiger charge is -2.25. The van der Waals surface area contributed by atoms with E-state index in [0.29, 0.717) is 4.77 Å². The zero-order valence-corrected chi connectivity index (χ0v) is 8.83. The van der Waals surface area contributed by atoms with Crippen molar-refractivity contribution in [2.24, 2.45) is 0 Å². The predicted molar refractivity (Wildman–Crippen MR) is 51.8 cm³/mol. The summed E-state index contributed by atoms with van der Waals surface area (Å²) >= 11 is 5.13. The number of aromatic nitrogens is 3. The van der Waals surface area contributed by atoms with Gasteiger partial charge in [0.15, 0.2) is 4.77 Å². The van der Waals surface area contributed by atoms with Crippen LogP contribution in [0.25, 0.3) is 0 Å². The van der Waals surface area contributed by atoms with Crippen LogP contribution in [0.1, 0.15) is 33.0 Å². The number of nitrogens with zero attached hydrogens (tertiary/aromatic N) is 2. The molecule has 0 unspecified atom stereocenters. The Kier molecular flexibility index (Phi) is 2.37. The number of hydrogen-bond donors (Lipinski definition) is 1. The van der Waals surface area contributed by atoms with Gasteiger partial charge in [-0.2, -0.15) is 5.10 Å². The summed E-state index contributed by atoms with van der Waals surface area (Å²) in [5.41, 5.74) is 0.0637. The van der Waals surface area contributed by atoms with Gasteiger partial charge in [-0.3, -0.25) is 9.67 Å². The standard InChI is InChI=1S/C8H15N3S/c1-5-8(3,4)11-6(2)9-10-7(11)12/h5H2,1-4H3,(H,10,12). The third-order valence-electron chi connectivity index (χ3n) is 2.31. The van der Waals surface area contributed by atoms with E-state index in [9.17, 15) is 0 Å². The second-order valence-electron chi connectivity index (χ2n) is 3.58. The molecule has 0 radical (unpaired) electrons. The molecule has 0 aliphatic rings. The molecule has 0 atom stereocenters. The minimum absolute atomic E-state index is 0.0637. The summed E-state index contributed by atoms with van der Waals surface area (Å²) in [5.74, 6) is 0.951. The summed E-state index contributed by atoms with van der Waals surface area (Å²) in [6.07, 6.45) is 1.04. The summed E-state index contributed by atoms with van der Waals surface area (Å²) in [6.45, 7) is 8.43. The van der Waals surface area contributed by atoms with Crippen LogP contribution in [-0.2, 0) is 5.54 Å². The van der Waals surface area contributed by atoms with Crippen LogP contribution in [0.15, 0.2) is 0 Å². The van der Waals surface area contributed by atoms with Gasteiger partial charge in [-0.15, -0.1) is 0 Å². The summed E-state index contributed by atoms with van der Waals surface area (Å²) in [7, 11) is 0. The van der Waals surface area contributed by atoms with Gasteiger partial charge in [-0.1, -0.05) is 6.92 Å². The second kappa shape index (κ2) is 3.01. The Bertz CT molecular complexity index is 321. The molecule has 12 heavy (non-hydrogen) atoms. The molecule has 0 saturated heterocycles. The van der Waals surface area contributed by atoms with Crippen LogP contribution in [0.5, 0.6) is 0 Å². The van der Waals surface area contributed by atoms with Crippen LogP contribution in [0.3, 0.4) is 0 Å². The topological polar surface area (TPSA) is 33.6 Å². The molecule has 0 aliphatic carbocycles. The maximum Gasteiger partial charge on any atom is 0.195 e. The molecule has 3 nitrogen and oxygen atoms in total. The molecule has 1 aromatic rings. The van der Waals surface area contributed by atoms with Crippen LogP contribution >= 0.6 is 12.2 Å². The molecule has 0 fully saturated rings. The van der Waals surface area contributed by atoms with Crippen LogP contribution in [0.2, 0.25) is 0 Å². The van der Waals surface area contributed by atoms with Crippen LogP contribution in [-0.4, -0.2) is 14.8 Å². The van der Waals surface area contributed by atoms with Gasteiger partial charge in [0, 0.05) is 5.54 Å². The fourth-order valence-corrected chi connectivity index (χ4v) is 1.67. The minimum Gasteiger partial charge on any atom is -0.299 e. The van der Waals surface area contributed by atoms with E-state index in [0.717, 1.165) is 12.2 Å². The van der Waals surface area contributed by atoms with Crippen molar-refractivity contribution in [3.63, 3.8) is 0 Å². The Balaban J connectivity index is 3.26. The molecular formula is C8H15N3S. The van der Waals surface area contributed by atoms with Gasteiger partial charge >= 0.3 is 0 Å². The minimum atomic E-state index is 0.0637. The summed E-state index contributed by atoms with van der Waals surface area (Å²) < 4.78 is 2.77. The number of hydrogen-bond acceptors (Lipinski definition) is 2.